The molecule has 1 heterocycles. The SMILES string of the molecule is CC(=O)c1ccc2c(=O)c3ccccc3[nH]c2c1. The van der Waals surface area contributed by atoms with Crippen molar-refractivity contribution in [1.29, 1.82) is 0 Å². The number of rotatable bonds is 1. The molecule has 3 rings (SSSR count). The number of fused-ring (bicyclic) bond motifs is 2. The molecule has 3 heteroatoms. The van der Waals surface area contributed by atoms with Gasteiger partial charge in [-0.15, -0.1) is 0 Å². The van der Waals surface area contributed by atoms with Crippen molar-refractivity contribution in [2.45, 2.75) is 6.92 Å². The van der Waals surface area contributed by atoms with Crippen LogP contribution in [0.3, 0.4) is 0 Å². The number of para-hydroxylation sites is 1. The van der Waals surface area contributed by atoms with Crippen molar-refractivity contribution in [3.63, 3.8) is 0 Å². The van der Waals surface area contributed by atoms with Gasteiger partial charge in [0.05, 0.1) is 5.52 Å². The quantitative estimate of drug-likeness (QED) is 0.522. The Morgan fingerprint density at radius 3 is 2.50 bits per heavy atom. The molecule has 3 aromatic rings. The van der Waals surface area contributed by atoms with Crippen LogP contribution >= 0.6 is 0 Å². The van der Waals surface area contributed by atoms with Crippen LogP contribution in [0.25, 0.3) is 21.8 Å². The van der Waals surface area contributed by atoms with Crippen LogP contribution in [0.4, 0.5) is 0 Å². The highest BCUT2D eigenvalue weighted by Crippen LogP contribution is 2.16. The molecule has 0 aliphatic carbocycles. The Balaban J connectivity index is 2.48. The van der Waals surface area contributed by atoms with Crippen LogP contribution in [0.2, 0.25) is 0 Å². The molecular weight excluding hydrogens is 226 g/mol. The topological polar surface area (TPSA) is 49.9 Å². The Morgan fingerprint density at radius 1 is 1.00 bits per heavy atom. The van der Waals surface area contributed by atoms with Crippen molar-refractivity contribution in [3.8, 4) is 0 Å². The molecule has 0 radical (unpaired) electrons. The van der Waals surface area contributed by atoms with Crippen molar-refractivity contribution < 1.29 is 4.79 Å². The second-order valence-corrected chi connectivity index (χ2v) is 4.32. The van der Waals surface area contributed by atoms with Crippen LogP contribution in [-0.4, -0.2) is 10.8 Å². The number of carbonyl (C=O) groups is 1. The Morgan fingerprint density at radius 2 is 1.72 bits per heavy atom. The van der Waals surface area contributed by atoms with Crippen molar-refractivity contribution in [2.24, 2.45) is 0 Å². The molecule has 0 saturated carbocycles. The van der Waals surface area contributed by atoms with E-state index in [0.717, 1.165) is 5.52 Å². The second kappa shape index (κ2) is 3.81. The summed E-state index contributed by atoms with van der Waals surface area (Å²) in [6.45, 7) is 1.51. The van der Waals surface area contributed by atoms with Gasteiger partial charge >= 0.3 is 0 Å². The summed E-state index contributed by atoms with van der Waals surface area (Å²) in [4.78, 5) is 26.8. The zero-order valence-electron chi connectivity index (χ0n) is 9.86. The molecule has 1 N–H and O–H groups in total. The Kier molecular flexibility index (Phi) is 2.27. The van der Waals surface area contributed by atoms with Gasteiger partial charge in [-0.1, -0.05) is 18.2 Å². The average molecular weight is 237 g/mol. The summed E-state index contributed by atoms with van der Waals surface area (Å²) in [6.07, 6.45) is 0. The first-order valence-electron chi connectivity index (χ1n) is 5.72. The average Bonchev–Trinajstić information content (AvgIpc) is 2.38. The van der Waals surface area contributed by atoms with Crippen molar-refractivity contribution in [1.82, 2.24) is 4.98 Å². The number of aromatic amines is 1. The van der Waals surface area contributed by atoms with Gasteiger partial charge in [0, 0.05) is 21.9 Å². The number of carbonyl (C=O) groups excluding carboxylic acids is 1. The van der Waals surface area contributed by atoms with Gasteiger partial charge in [0.2, 0.25) is 0 Å². The maximum Gasteiger partial charge on any atom is 0.197 e. The highest BCUT2D eigenvalue weighted by atomic mass is 16.1. The summed E-state index contributed by atoms with van der Waals surface area (Å²) in [5, 5.41) is 1.28. The summed E-state index contributed by atoms with van der Waals surface area (Å²) in [7, 11) is 0. The largest absolute Gasteiger partial charge is 0.354 e. The zero-order valence-corrected chi connectivity index (χ0v) is 9.86. The van der Waals surface area contributed by atoms with Gasteiger partial charge in [-0.25, -0.2) is 0 Å². The molecule has 0 amide bonds. The van der Waals surface area contributed by atoms with E-state index in [4.69, 9.17) is 0 Å². The van der Waals surface area contributed by atoms with Crippen LogP contribution in [0.1, 0.15) is 17.3 Å². The van der Waals surface area contributed by atoms with Gasteiger partial charge in [0.1, 0.15) is 0 Å². The monoisotopic (exact) mass is 237 g/mol. The van der Waals surface area contributed by atoms with Gasteiger partial charge < -0.3 is 4.98 Å². The number of hydrogen-bond acceptors (Lipinski definition) is 2. The Labute approximate surface area is 103 Å². The molecule has 2 aromatic carbocycles. The minimum Gasteiger partial charge on any atom is -0.354 e. The minimum absolute atomic E-state index is 0.00514. The van der Waals surface area contributed by atoms with E-state index < -0.39 is 0 Å². The number of hydrogen-bond donors (Lipinski definition) is 1. The molecule has 0 aliphatic heterocycles. The van der Waals surface area contributed by atoms with E-state index in [0.29, 0.717) is 21.9 Å². The van der Waals surface area contributed by atoms with E-state index in [9.17, 15) is 9.59 Å². The third-order valence-corrected chi connectivity index (χ3v) is 3.11. The lowest BCUT2D eigenvalue weighted by molar-refractivity contribution is 0.101. The maximum absolute atomic E-state index is 12.3. The van der Waals surface area contributed by atoms with E-state index in [2.05, 4.69) is 4.98 Å². The lowest BCUT2D eigenvalue weighted by Gasteiger charge is -2.03. The Hall–Kier alpha value is -2.42. The second-order valence-electron chi connectivity index (χ2n) is 4.32. The number of benzene rings is 2. The molecule has 1 aromatic heterocycles. The predicted molar refractivity (Wildman–Crippen MR) is 72.1 cm³/mol. The maximum atomic E-state index is 12.3. The van der Waals surface area contributed by atoms with E-state index in [-0.39, 0.29) is 11.2 Å². The molecule has 0 aliphatic rings. The highest BCUT2D eigenvalue weighted by Gasteiger charge is 2.06. The van der Waals surface area contributed by atoms with Gasteiger partial charge in [0.15, 0.2) is 11.2 Å². The van der Waals surface area contributed by atoms with Gasteiger partial charge in [0.25, 0.3) is 0 Å². The fraction of sp³-hybridized carbons (Fsp3) is 0.0667. The van der Waals surface area contributed by atoms with Crippen LogP contribution in [-0.2, 0) is 0 Å². The lowest BCUT2D eigenvalue weighted by atomic mass is 10.1. The van der Waals surface area contributed by atoms with Crippen LogP contribution in [0.5, 0.6) is 0 Å². The van der Waals surface area contributed by atoms with Crippen molar-refractivity contribution in [2.75, 3.05) is 0 Å². The van der Waals surface area contributed by atoms with Crippen LogP contribution in [0, 0.1) is 0 Å². The fourth-order valence-corrected chi connectivity index (χ4v) is 2.14. The molecule has 88 valence electrons. The van der Waals surface area contributed by atoms with Crippen LogP contribution < -0.4 is 5.43 Å². The van der Waals surface area contributed by atoms with E-state index in [1.807, 2.05) is 18.2 Å². The molecule has 0 bridgehead atoms. The van der Waals surface area contributed by atoms with Crippen molar-refractivity contribution >= 4 is 27.6 Å². The predicted octanol–water partition coefficient (Wildman–Crippen LogP) is 2.88. The van der Waals surface area contributed by atoms with Gasteiger partial charge in [-0.3, -0.25) is 9.59 Å². The first-order chi connectivity index (χ1) is 8.66. The summed E-state index contributed by atoms with van der Waals surface area (Å²) in [5.41, 5.74) is 2.09. The van der Waals surface area contributed by atoms with Gasteiger partial charge in [-0.2, -0.15) is 0 Å². The minimum atomic E-state index is -0.00842. The third kappa shape index (κ3) is 1.52. The standard InChI is InChI=1S/C15H11NO2/c1-9(17)10-6-7-12-14(8-10)16-13-5-3-2-4-11(13)15(12)18/h2-8H,1H3,(H,16,18). The fourth-order valence-electron chi connectivity index (χ4n) is 2.14. The molecule has 3 nitrogen and oxygen atoms in total. The number of H-pyrrole nitrogens is 1. The molecule has 0 saturated heterocycles. The molecule has 18 heavy (non-hydrogen) atoms. The van der Waals surface area contributed by atoms with E-state index in [1.165, 1.54) is 6.92 Å². The van der Waals surface area contributed by atoms with Gasteiger partial charge in [-0.05, 0) is 31.2 Å². The molecule has 0 atom stereocenters. The molecule has 0 fully saturated rings. The van der Waals surface area contributed by atoms with Crippen LogP contribution in [0.15, 0.2) is 47.3 Å². The Bertz CT molecular complexity index is 831. The number of pyridine rings is 1. The summed E-state index contributed by atoms with van der Waals surface area (Å²) in [6, 6.07) is 12.5. The molecular formula is C15H11NO2. The number of aromatic nitrogens is 1. The normalized spacial score (nSPS) is 10.9. The lowest BCUT2D eigenvalue weighted by Crippen LogP contribution is -2.05. The smallest absolute Gasteiger partial charge is 0.197 e. The first kappa shape index (κ1) is 10.7. The summed E-state index contributed by atoms with van der Waals surface area (Å²) < 4.78 is 0. The van der Waals surface area contributed by atoms with Crippen molar-refractivity contribution in [3.05, 3.63) is 58.3 Å². The van der Waals surface area contributed by atoms with E-state index >= 15 is 0 Å². The zero-order chi connectivity index (χ0) is 12.7. The molecule has 0 unspecified atom stereocenters. The summed E-state index contributed by atoms with van der Waals surface area (Å²) >= 11 is 0. The first-order valence-corrected chi connectivity index (χ1v) is 5.72. The summed E-state index contributed by atoms with van der Waals surface area (Å²) in [5.74, 6) is -0.00842. The third-order valence-electron chi connectivity index (χ3n) is 3.11. The van der Waals surface area contributed by atoms with E-state index in [1.54, 1.807) is 24.3 Å². The number of Topliss-reactive ketones (excluding diaryl/α,β-unsaturated/α-hetero) is 1. The number of ketones is 1. The highest BCUT2D eigenvalue weighted by molar-refractivity contribution is 5.99. The molecule has 0 spiro atoms. The number of nitrogens with one attached hydrogen (secondary N) is 1.